The van der Waals surface area contributed by atoms with E-state index in [1.807, 2.05) is 0 Å². The molecule has 4 heterocycles. The van der Waals surface area contributed by atoms with E-state index in [9.17, 15) is 14.4 Å². The molecule has 0 atom stereocenters. The minimum Gasteiger partial charge on any atom is -0.381 e. The Morgan fingerprint density at radius 3 is 2.44 bits per heavy atom. The molecule has 6 rings (SSSR count). The Bertz CT molecular complexity index is 1580. The second-order valence-corrected chi connectivity index (χ2v) is 11.1. The lowest BCUT2D eigenvalue weighted by molar-refractivity contribution is -0.167. The lowest BCUT2D eigenvalue weighted by Gasteiger charge is -2.37. The maximum absolute atomic E-state index is 15.4. The highest BCUT2D eigenvalue weighted by Crippen LogP contribution is 2.35. The van der Waals surface area contributed by atoms with Crippen LogP contribution in [-0.4, -0.2) is 70.0 Å². The molecule has 13 heteroatoms. The number of carbonyl (C=O) groups excluding carboxylic acids is 3. The minimum atomic E-state index is -3.49. The van der Waals surface area contributed by atoms with Crippen molar-refractivity contribution >= 4 is 35.1 Å². The molecule has 0 radical (unpaired) electrons. The van der Waals surface area contributed by atoms with Gasteiger partial charge in [0, 0.05) is 50.8 Å². The first-order valence-electron chi connectivity index (χ1n) is 13.8. The van der Waals surface area contributed by atoms with Gasteiger partial charge >= 0.3 is 0 Å². The van der Waals surface area contributed by atoms with E-state index in [0.29, 0.717) is 53.6 Å². The Morgan fingerprint density at radius 2 is 1.77 bits per heavy atom. The quantitative estimate of drug-likeness (QED) is 0.298. The third kappa shape index (κ3) is 5.34. The van der Waals surface area contributed by atoms with Gasteiger partial charge in [0.15, 0.2) is 5.60 Å². The summed E-state index contributed by atoms with van der Waals surface area (Å²) in [6.07, 6.45) is 0.890. The molecule has 3 aliphatic rings. The zero-order valence-electron chi connectivity index (χ0n) is 23.2. The van der Waals surface area contributed by atoms with Gasteiger partial charge in [-0.1, -0.05) is 30.3 Å². The van der Waals surface area contributed by atoms with E-state index in [4.69, 9.17) is 21.1 Å². The van der Waals surface area contributed by atoms with Gasteiger partial charge in [-0.25, -0.2) is 9.97 Å². The first-order valence-corrected chi connectivity index (χ1v) is 14.1. The maximum Gasteiger partial charge on any atom is 0.290 e. The molecule has 224 valence electrons. The van der Waals surface area contributed by atoms with Gasteiger partial charge in [-0.2, -0.15) is 8.78 Å². The summed E-state index contributed by atoms with van der Waals surface area (Å²) >= 11 is 6.20. The zero-order valence-corrected chi connectivity index (χ0v) is 24.0. The number of fused-ring (bicyclic) bond motifs is 2. The number of nitrogens with zero attached hydrogens (tertiary/aromatic N) is 4. The van der Waals surface area contributed by atoms with E-state index in [1.54, 1.807) is 23.1 Å². The van der Waals surface area contributed by atoms with Crippen LogP contribution in [0.3, 0.4) is 0 Å². The highest BCUT2D eigenvalue weighted by Gasteiger charge is 2.45. The number of anilines is 1. The number of methoxy groups -OCH3 is 1. The zero-order chi connectivity index (χ0) is 30.4. The summed E-state index contributed by atoms with van der Waals surface area (Å²) in [6.45, 7) is 0.354. The average molecular weight is 612 g/mol. The number of rotatable bonds is 8. The summed E-state index contributed by atoms with van der Waals surface area (Å²) < 4.78 is 41.9. The number of alkyl halides is 2. The van der Waals surface area contributed by atoms with Crippen molar-refractivity contribution in [2.24, 2.45) is 0 Å². The van der Waals surface area contributed by atoms with Crippen molar-refractivity contribution in [3.8, 4) is 0 Å². The van der Waals surface area contributed by atoms with Crippen molar-refractivity contribution < 1.29 is 32.6 Å². The van der Waals surface area contributed by atoms with Crippen molar-refractivity contribution in [1.82, 2.24) is 19.8 Å². The monoisotopic (exact) mass is 611 g/mol. The van der Waals surface area contributed by atoms with E-state index in [2.05, 4.69) is 15.3 Å². The SMILES string of the molecule is COC1(C(=O)N2Cc3nc(Cl)nc(NCc4cccc(C(F)(F)CN5C(=O)c6ccccc6C5=O)c4)c3C2)CCOCC1. The number of ether oxygens (including phenoxy) is 2. The number of hydrogen-bond donors (Lipinski definition) is 1. The number of aromatic nitrogens is 2. The summed E-state index contributed by atoms with van der Waals surface area (Å²) in [4.78, 5) is 49.6. The number of benzene rings is 2. The molecule has 1 aromatic heterocycles. The molecule has 0 bridgehead atoms. The van der Waals surface area contributed by atoms with Gasteiger partial charge in [0.2, 0.25) is 5.28 Å². The fourth-order valence-electron chi connectivity index (χ4n) is 5.78. The normalized spacial score (nSPS) is 17.7. The molecule has 1 N–H and O–H groups in total. The van der Waals surface area contributed by atoms with Gasteiger partial charge in [-0.05, 0) is 35.4 Å². The molecule has 43 heavy (non-hydrogen) atoms. The molecule has 3 aromatic rings. The third-order valence-corrected chi connectivity index (χ3v) is 8.34. The van der Waals surface area contributed by atoms with Crippen molar-refractivity contribution in [2.75, 3.05) is 32.2 Å². The number of hydrogen-bond acceptors (Lipinski definition) is 8. The molecule has 0 saturated carbocycles. The van der Waals surface area contributed by atoms with E-state index in [0.717, 1.165) is 0 Å². The second kappa shape index (κ2) is 11.3. The number of imide groups is 1. The third-order valence-electron chi connectivity index (χ3n) is 8.17. The van der Waals surface area contributed by atoms with Gasteiger partial charge in [0.05, 0.1) is 36.5 Å². The summed E-state index contributed by atoms with van der Waals surface area (Å²) in [5, 5.41) is 3.14. The van der Waals surface area contributed by atoms with Crippen molar-refractivity contribution in [3.05, 3.63) is 87.3 Å². The van der Waals surface area contributed by atoms with Crippen molar-refractivity contribution in [2.45, 2.75) is 44.0 Å². The van der Waals surface area contributed by atoms with E-state index < -0.39 is 29.9 Å². The molecule has 10 nitrogen and oxygen atoms in total. The number of nitrogens with one attached hydrogen (secondary N) is 1. The molecule has 3 amide bonds. The Morgan fingerprint density at radius 1 is 1.07 bits per heavy atom. The highest BCUT2D eigenvalue weighted by atomic mass is 35.5. The van der Waals surface area contributed by atoms with Crippen LogP contribution in [0.4, 0.5) is 14.6 Å². The summed E-state index contributed by atoms with van der Waals surface area (Å²) in [5.41, 5.74) is 0.704. The fraction of sp³-hybridized carbons (Fsp3) is 0.367. The van der Waals surface area contributed by atoms with Crippen molar-refractivity contribution in [1.29, 1.82) is 0 Å². The van der Waals surface area contributed by atoms with Gasteiger partial charge in [-0.15, -0.1) is 0 Å². The molecule has 0 spiro atoms. The van der Waals surface area contributed by atoms with Crippen LogP contribution in [0.1, 0.15) is 55.9 Å². The number of carbonyl (C=O) groups is 3. The van der Waals surface area contributed by atoms with Crippen LogP contribution >= 0.6 is 11.6 Å². The first kappa shape index (κ1) is 29.1. The maximum atomic E-state index is 15.4. The molecule has 2 aromatic carbocycles. The van der Waals surface area contributed by atoms with Crippen LogP contribution in [0.15, 0.2) is 48.5 Å². The van der Waals surface area contributed by atoms with Crippen LogP contribution in [0.25, 0.3) is 0 Å². The Hall–Kier alpha value is -4.00. The van der Waals surface area contributed by atoms with Crippen LogP contribution in [-0.2, 0) is 39.8 Å². The molecule has 1 fully saturated rings. The summed E-state index contributed by atoms with van der Waals surface area (Å²) in [7, 11) is 1.52. The van der Waals surface area contributed by atoms with Gasteiger partial charge in [0.1, 0.15) is 5.82 Å². The molecular formula is C30H28ClF2N5O5. The number of halogens is 3. The second-order valence-electron chi connectivity index (χ2n) is 10.7. The molecule has 1 saturated heterocycles. The van der Waals surface area contributed by atoms with E-state index in [1.165, 1.54) is 37.4 Å². The Labute approximate surface area is 250 Å². The predicted molar refractivity (Wildman–Crippen MR) is 151 cm³/mol. The van der Waals surface area contributed by atoms with E-state index >= 15 is 8.78 Å². The van der Waals surface area contributed by atoms with Crippen LogP contribution in [0, 0.1) is 0 Å². The lowest BCUT2D eigenvalue weighted by Crippen LogP contribution is -2.51. The Kier molecular flexibility index (Phi) is 7.61. The number of amides is 3. The Balaban J connectivity index is 1.16. The first-order chi connectivity index (χ1) is 20.6. The summed E-state index contributed by atoms with van der Waals surface area (Å²) in [6, 6.07) is 11.8. The van der Waals surface area contributed by atoms with Crippen molar-refractivity contribution in [3.63, 3.8) is 0 Å². The van der Waals surface area contributed by atoms with Gasteiger partial charge in [0.25, 0.3) is 23.6 Å². The molecular weight excluding hydrogens is 584 g/mol. The predicted octanol–water partition coefficient (Wildman–Crippen LogP) is 4.17. The molecule has 3 aliphatic heterocycles. The van der Waals surface area contributed by atoms with E-state index in [-0.39, 0.29) is 47.5 Å². The van der Waals surface area contributed by atoms with Gasteiger partial charge in [-0.3, -0.25) is 19.3 Å². The molecule has 0 aliphatic carbocycles. The highest BCUT2D eigenvalue weighted by molar-refractivity contribution is 6.28. The molecule has 0 unspecified atom stereocenters. The fourth-order valence-corrected chi connectivity index (χ4v) is 5.96. The largest absolute Gasteiger partial charge is 0.381 e. The minimum absolute atomic E-state index is 0.00991. The lowest BCUT2D eigenvalue weighted by atomic mass is 9.92. The topological polar surface area (TPSA) is 114 Å². The smallest absolute Gasteiger partial charge is 0.290 e. The van der Waals surface area contributed by atoms with Crippen LogP contribution < -0.4 is 5.32 Å². The summed E-state index contributed by atoms with van der Waals surface area (Å²) in [5.74, 6) is -4.74. The standard InChI is InChI=1S/C30H28ClF2N5O5/c1-42-29(9-11-43-12-10-29)27(41)37-15-22-23(16-37)35-28(31)36-24(22)34-14-18-5-4-6-19(13-18)30(32,33)17-38-25(39)20-7-2-3-8-21(20)26(38)40/h2-8,13H,9-12,14-17H2,1H3,(H,34,35,36). The van der Waals surface area contributed by atoms with Gasteiger partial charge < -0.3 is 19.7 Å². The van der Waals surface area contributed by atoms with Crippen LogP contribution in [0.5, 0.6) is 0 Å². The van der Waals surface area contributed by atoms with Crippen LogP contribution in [0.2, 0.25) is 5.28 Å². The average Bonchev–Trinajstić information content (AvgIpc) is 3.55.